The maximum atomic E-state index is 11.8. The van der Waals surface area contributed by atoms with Gasteiger partial charge in [0.1, 0.15) is 23.5 Å². The number of aryl methyl sites for hydroxylation is 1. The molecule has 0 atom stereocenters. The van der Waals surface area contributed by atoms with Gasteiger partial charge in [-0.25, -0.2) is 9.78 Å². The van der Waals surface area contributed by atoms with E-state index in [-0.39, 0.29) is 11.4 Å². The van der Waals surface area contributed by atoms with Crippen molar-refractivity contribution in [2.45, 2.75) is 6.42 Å². The predicted molar refractivity (Wildman–Crippen MR) is 68.2 cm³/mol. The molecule has 0 saturated heterocycles. The van der Waals surface area contributed by atoms with Gasteiger partial charge in [0.15, 0.2) is 0 Å². The molecular formula is C12H13N5O3. The first kappa shape index (κ1) is 13.7. The van der Waals surface area contributed by atoms with Gasteiger partial charge in [-0.1, -0.05) is 6.07 Å². The minimum absolute atomic E-state index is 0.0721. The molecule has 2 rings (SSSR count). The molecule has 2 N–H and O–H groups in total. The standard InChI is InChI=1S/C12H13N5O3/c1-17-7-14-16-10(17)5-6-13-11(18)8-3-2-4-9(15-8)12(19)20/h2-4,7H,5-6H2,1H3,(H,13,18)(H,19,20). The molecule has 0 aromatic carbocycles. The molecule has 0 spiro atoms. The highest BCUT2D eigenvalue weighted by Crippen LogP contribution is 2.00. The SMILES string of the molecule is Cn1cnnc1CCNC(=O)c1cccc(C(=O)O)n1. The molecule has 8 heteroatoms. The smallest absolute Gasteiger partial charge is 0.354 e. The summed E-state index contributed by atoms with van der Waals surface area (Å²) in [4.78, 5) is 26.4. The zero-order valence-electron chi connectivity index (χ0n) is 10.8. The van der Waals surface area contributed by atoms with Gasteiger partial charge >= 0.3 is 5.97 Å². The molecule has 0 saturated carbocycles. The lowest BCUT2D eigenvalue weighted by Crippen LogP contribution is -2.27. The van der Waals surface area contributed by atoms with Crippen molar-refractivity contribution in [3.05, 3.63) is 41.7 Å². The van der Waals surface area contributed by atoms with E-state index in [4.69, 9.17) is 5.11 Å². The molecule has 0 unspecified atom stereocenters. The van der Waals surface area contributed by atoms with Gasteiger partial charge in [0.2, 0.25) is 0 Å². The first-order valence-electron chi connectivity index (χ1n) is 5.89. The number of rotatable bonds is 5. The van der Waals surface area contributed by atoms with Gasteiger partial charge in [0.05, 0.1) is 0 Å². The molecule has 104 valence electrons. The first-order valence-corrected chi connectivity index (χ1v) is 5.89. The van der Waals surface area contributed by atoms with E-state index in [9.17, 15) is 9.59 Å². The van der Waals surface area contributed by atoms with Crippen LogP contribution >= 0.6 is 0 Å². The number of carbonyl (C=O) groups excluding carboxylic acids is 1. The van der Waals surface area contributed by atoms with Crippen molar-refractivity contribution in [1.82, 2.24) is 25.1 Å². The molecular weight excluding hydrogens is 262 g/mol. The Kier molecular flexibility index (Phi) is 4.04. The number of aromatic nitrogens is 4. The van der Waals surface area contributed by atoms with Crippen molar-refractivity contribution in [3.63, 3.8) is 0 Å². The molecule has 2 aromatic heterocycles. The topological polar surface area (TPSA) is 110 Å². The Bertz CT molecular complexity index is 638. The number of carbonyl (C=O) groups is 2. The number of pyridine rings is 1. The summed E-state index contributed by atoms with van der Waals surface area (Å²) in [5, 5.41) is 19.1. The third-order valence-corrected chi connectivity index (χ3v) is 2.64. The molecule has 0 fully saturated rings. The van der Waals surface area contributed by atoms with Crippen molar-refractivity contribution in [2.24, 2.45) is 7.05 Å². The van der Waals surface area contributed by atoms with E-state index in [1.165, 1.54) is 18.2 Å². The van der Waals surface area contributed by atoms with E-state index in [1.807, 2.05) is 7.05 Å². The summed E-state index contributed by atoms with van der Waals surface area (Å²) in [6.45, 7) is 0.365. The summed E-state index contributed by atoms with van der Waals surface area (Å²) in [5.41, 5.74) is -0.0891. The fourth-order valence-corrected chi connectivity index (χ4v) is 1.59. The van der Waals surface area contributed by atoms with Gasteiger partial charge in [0, 0.05) is 20.0 Å². The number of carboxylic acids is 1. The number of amides is 1. The fourth-order valence-electron chi connectivity index (χ4n) is 1.59. The van der Waals surface area contributed by atoms with E-state index < -0.39 is 11.9 Å². The zero-order valence-corrected chi connectivity index (χ0v) is 10.8. The van der Waals surface area contributed by atoms with Crippen LogP contribution in [0.25, 0.3) is 0 Å². The average molecular weight is 275 g/mol. The van der Waals surface area contributed by atoms with Crippen LogP contribution in [0.3, 0.4) is 0 Å². The minimum Gasteiger partial charge on any atom is -0.477 e. The van der Waals surface area contributed by atoms with Crippen molar-refractivity contribution in [3.8, 4) is 0 Å². The summed E-state index contributed by atoms with van der Waals surface area (Å²) < 4.78 is 1.76. The monoisotopic (exact) mass is 275 g/mol. The Hall–Kier alpha value is -2.77. The minimum atomic E-state index is -1.17. The maximum absolute atomic E-state index is 11.8. The number of hydrogen-bond donors (Lipinski definition) is 2. The van der Waals surface area contributed by atoms with Crippen LogP contribution in [0.2, 0.25) is 0 Å². The van der Waals surface area contributed by atoms with Crippen molar-refractivity contribution >= 4 is 11.9 Å². The lowest BCUT2D eigenvalue weighted by Gasteiger charge is -2.05. The van der Waals surface area contributed by atoms with Crippen LogP contribution in [-0.2, 0) is 13.5 Å². The highest BCUT2D eigenvalue weighted by atomic mass is 16.4. The van der Waals surface area contributed by atoms with Crippen molar-refractivity contribution < 1.29 is 14.7 Å². The zero-order chi connectivity index (χ0) is 14.5. The normalized spacial score (nSPS) is 10.2. The molecule has 0 bridgehead atoms. The number of nitrogens with one attached hydrogen (secondary N) is 1. The molecule has 0 aliphatic rings. The van der Waals surface area contributed by atoms with Crippen molar-refractivity contribution in [1.29, 1.82) is 0 Å². The molecule has 2 heterocycles. The van der Waals surface area contributed by atoms with Gasteiger partial charge in [-0.3, -0.25) is 4.79 Å². The van der Waals surface area contributed by atoms with E-state index >= 15 is 0 Å². The van der Waals surface area contributed by atoms with Crippen LogP contribution in [0.15, 0.2) is 24.5 Å². The lowest BCUT2D eigenvalue weighted by molar-refractivity contribution is 0.0690. The summed E-state index contributed by atoms with van der Waals surface area (Å²) >= 11 is 0. The predicted octanol–water partition coefficient (Wildman–Crippen LogP) is -0.119. The van der Waals surface area contributed by atoms with Crippen LogP contribution in [0.1, 0.15) is 26.8 Å². The Morgan fingerprint density at radius 3 is 2.75 bits per heavy atom. The van der Waals surface area contributed by atoms with Crippen LogP contribution in [0, 0.1) is 0 Å². The lowest BCUT2D eigenvalue weighted by atomic mass is 10.3. The molecule has 2 aromatic rings. The number of hydrogen-bond acceptors (Lipinski definition) is 5. The second-order valence-corrected chi connectivity index (χ2v) is 4.08. The Balaban J connectivity index is 1.93. The van der Waals surface area contributed by atoms with E-state index in [0.717, 1.165) is 5.82 Å². The van der Waals surface area contributed by atoms with Crippen LogP contribution in [-0.4, -0.2) is 43.3 Å². The van der Waals surface area contributed by atoms with Gasteiger partial charge in [0.25, 0.3) is 5.91 Å². The van der Waals surface area contributed by atoms with Gasteiger partial charge < -0.3 is 15.0 Å². The highest BCUT2D eigenvalue weighted by Gasteiger charge is 2.11. The summed E-state index contributed by atoms with van der Waals surface area (Å²) in [6.07, 6.45) is 2.11. The highest BCUT2D eigenvalue weighted by molar-refractivity contribution is 5.94. The molecule has 1 amide bonds. The molecule has 0 aliphatic carbocycles. The third kappa shape index (κ3) is 3.16. The molecule has 0 radical (unpaired) electrons. The Labute approximate surface area is 114 Å². The van der Waals surface area contributed by atoms with Crippen LogP contribution in [0.4, 0.5) is 0 Å². The van der Waals surface area contributed by atoms with Gasteiger partial charge in [-0.2, -0.15) is 0 Å². The summed E-state index contributed by atoms with van der Waals surface area (Å²) in [5.74, 6) is -0.841. The molecule has 8 nitrogen and oxygen atoms in total. The summed E-state index contributed by atoms with van der Waals surface area (Å²) in [7, 11) is 1.81. The largest absolute Gasteiger partial charge is 0.477 e. The second-order valence-electron chi connectivity index (χ2n) is 4.08. The fraction of sp³-hybridized carbons (Fsp3) is 0.250. The molecule has 20 heavy (non-hydrogen) atoms. The average Bonchev–Trinajstić information content (AvgIpc) is 2.84. The van der Waals surface area contributed by atoms with E-state index in [1.54, 1.807) is 10.9 Å². The van der Waals surface area contributed by atoms with E-state index in [2.05, 4.69) is 20.5 Å². The van der Waals surface area contributed by atoms with Crippen LogP contribution < -0.4 is 5.32 Å². The number of aromatic carboxylic acids is 1. The first-order chi connectivity index (χ1) is 9.58. The van der Waals surface area contributed by atoms with Crippen LogP contribution in [0.5, 0.6) is 0 Å². The van der Waals surface area contributed by atoms with Gasteiger partial charge in [-0.05, 0) is 12.1 Å². The quantitative estimate of drug-likeness (QED) is 0.787. The molecule has 0 aliphatic heterocycles. The number of carboxylic acid groups (broad SMARTS) is 1. The van der Waals surface area contributed by atoms with Crippen molar-refractivity contribution in [2.75, 3.05) is 6.54 Å². The summed E-state index contributed by atoms with van der Waals surface area (Å²) in [6, 6.07) is 4.27. The Morgan fingerprint density at radius 1 is 1.35 bits per heavy atom. The second kappa shape index (κ2) is 5.91. The van der Waals surface area contributed by atoms with Gasteiger partial charge in [-0.15, -0.1) is 10.2 Å². The maximum Gasteiger partial charge on any atom is 0.354 e. The Morgan fingerprint density at radius 2 is 2.10 bits per heavy atom. The third-order valence-electron chi connectivity index (χ3n) is 2.64. The van der Waals surface area contributed by atoms with E-state index in [0.29, 0.717) is 13.0 Å². The number of nitrogens with zero attached hydrogens (tertiary/aromatic N) is 4.